The molecule has 1 atom stereocenters. The molecule has 1 aromatic heterocycles. The molecule has 1 saturated heterocycles. The molecule has 1 saturated carbocycles. The number of aromatic nitrogens is 2. The van der Waals surface area contributed by atoms with Crippen molar-refractivity contribution in [2.24, 2.45) is 5.92 Å². The van der Waals surface area contributed by atoms with E-state index in [0.717, 1.165) is 48.3 Å². The molecular formula is C22H27N3O3. The molecule has 148 valence electrons. The van der Waals surface area contributed by atoms with Gasteiger partial charge in [0.25, 0.3) is 5.91 Å². The highest BCUT2D eigenvalue weighted by molar-refractivity contribution is 5.97. The van der Waals surface area contributed by atoms with Gasteiger partial charge in [-0.05, 0) is 51.7 Å². The lowest BCUT2D eigenvalue weighted by molar-refractivity contribution is -0.149. The third-order valence-corrected chi connectivity index (χ3v) is 5.65. The van der Waals surface area contributed by atoms with Crippen LogP contribution in [-0.2, 0) is 9.53 Å². The second-order valence-electron chi connectivity index (χ2n) is 7.71. The van der Waals surface area contributed by atoms with Gasteiger partial charge in [0.05, 0.1) is 35.2 Å². The van der Waals surface area contributed by atoms with Crippen LogP contribution in [-0.4, -0.2) is 46.3 Å². The molecule has 2 aromatic rings. The fourth-order valence-corrected chi connectivity index (χ4v) is 4.02. The Bertz CT molecular complexity index is 871. The molecule has 4 rings (SSSR count). The molecule has 6 nitrogen and oxygen atoms in total. The van der Waals surface area contributed by atoms with Gasteiger partial charge in [-0.3, -0.25) is 9.59 Å². The van der Waals surface area contributed by atoms with Crippen molar-refractivity contribution in [1.29, 1.82) is 0 Å². The molecule has 1 aliphatic heterocycles. The van der Waals surface area contributed by atoms with E-state index in [9.17, 15) is 9.59 Å². The average molecular weight is 381 g/mol. The van der Waals surface area contributed by atoms with Gasteiger partial charge in [0.15, 0.2) is 0 Å². The molecule has 28 heavy (non-hydrogen) atoms. The van der Waals surface area contributed by atoms with E-state index in [4.69, 9.17) is 9.84 Å². The quantitative estimate of drug-likeness (QED) is 0.744. The highest BCUT2D eigenvalue weighted by Gasteiger charge is 2.37. The monoisotopic (exact) mass is 381 g/mol. The summed E-state index contributed by atoms with van der Waals surface area (Å²) in [5, 5.41) is 4.82. The second-order valence-corrected chi connectivity index (χ2v) is 7.71. The first-order valence-electron chi connectivity index (χ1n) is 10.2. The average Bonchev–Trinajstić information content (AvgIpc) is 3.51. The van der Waals surface area contributed by atoms with Crippen LogP contribution < -0.4 is 0 Å². The van der Waals surface area contributed by atoms with Crippen LogP contribution in [0.3, 0.4) is 0 Å². The summed E-state index contributed by atoms with van der Waals surface area (Å²) in [7, 11) is 0. The predicted octanol–water partition coefficient (Wildman–Crippen LogP) is 3.47. The van der Waals surface area contributed by atoms with Crippen molar-refractivity contribution in [2.75, 3.05) is 19.7 Å². The Kier molecular flexibility index (Phi) is 5.20. The van der Waals surface area contributed by atoms with Crippen molar-refractivity contribution in [1.82, 2.24) is 14.7 Å². The zero-order valence-electron chi connectivity index (χ0n) is 16.6. The van der Waals surface area contributed by atoms with Gasteiger partial charge in [0, 0.05) is 19.0 Å². The smallest absolute Gasteiger partial charge is 0.310 e. The van der Waals surface area contributed by atoms with Gasteiger partial charge >= 0.3 is 5.97 Å². The first-order chi connectivity index (χ1) is 13.6. The minimum Gasteiger partial charge on any atom is -0.466 e. The number of hydrogen-bond acceptors (Lipinski definition) is 4. The van der Waals surface area contributed by atoms with Crippen LogP contribution in [0.2, 0.25) is 0 Å². The maximum absolute atomic E-state index is 13.5. The third kappa shape index (κ3) is 3.55. The minimum atomic E-state index is -0.230. The SMILES string of the molecule is CCOC(=O)[C@H]1CCCN(C(=O)c2c(C3CC3)nn(-c3ccccc3)c2C)C1. The lowest BCUT2D eigenvalue weighted by Gasteiger charge is -2.31. The van der Waals surface area contributed by atoms with E-state index in [0.29, 0.717) is 25.6 Å². The Labute approximate surface area is 165 Å². The molecule has 6 heteroatoms. The number of piperidine rings is 1. The fourth-order valence-electron chi connectivity index (χ4n) is 4.02. The number of ether oxygens (including phenoxy) is 1. The maximum atomic E-state index is 13.5. The van der Waals surface area contributed by atoms with E-state index >= 15 is 0 Å². The fraction of sp³-hybridized carbons (Fsp3) is 0.500. The number of carbonyl (C=O) groups excluding carboxylic acids is 2. The first-order valence-corrected chi connectivity index (χ1v) is 10.2. The topological polar surface area (TPSA) is 64.4 Å². The minimum absolute atomic E-state index is 0.00409. The van der Waals surface area contributed by atoms with E-state index < -0.39 is 0 Å². The Morgan fingerprint density at radius 3 is 2.61 bits per heavy atom. The number of carbonyl (C=O) groups is 2. The lowest BCUT2D eigenvalue weighted by atomic mass is 9.97. The van der Waals surface area contributed by atoms with Crippen molar-refractivity contribution in [3.63, 3.8) is 0 Å². The van der Waals surface area contributed by atoms with Crippen LogP contribution in [0.15, 0.2) is 30.3 Å². The molecule has 1 amide bonds. The molecule has 0 spiro atoms. The van der Waals surface area contributed by atoms with Gasteiger partial charge in [-0.15, -0.1) is 0 Å². The third-order valence-electron chi connectivity index (χ3n) is 5.65. The molecule has 0 radical (unpaired) electrons. The van der Waals surface area contributed by atoms with E-state index in [2.05, 4.69) is 0 Å². The second kappa shape index (κ2) is 7.78. The molecule has 0 unspecified atom stereocenters. The van der Waals surface area contributed by atoms with E-state index in [1.165, 1.54) is 0 Å². The molecule has 0 N–H and O–H groups in total. The summed E-state index contributed by atoms with van der Waals surface area (Å²) in [6, 6.07) is 9.93. The highest BCUT2D eigenvalue weighted by Crippen LogP contribution is 2.42. The summed E-state index contributed by atoms with van der Waals surface area (Å²) in [6.45, 7) is 5.25. The summed E-state index contributed by atoms with van der Waals surface area (Å²) in [5.41, 5.74) is 3.46. The molecular weight excluding hydrogens is 354 g/mol. The zero-order chi connectivity index (χ0) is 19.7. The number of para-hydroxylation sites is 1. The molecule has 2 heterocycles. The van der Waals surface area contributed by atoms with Crippen molar-refractivity contribution >= 4 is 11.9 Å². The van der Waals surface area contributed by atoms with E-state index in [-0.39, 0.29) is 17.8 Å². The van der Waals surface area contributed by atoms with Crippen molar-refractivity contribution in [3.05, 3.63) is 47.3 Å². The number of benzene rings is 1. The Morgan fingerprint density at radius 2 is 1.93 bits per heavy atom. The number of esters is 1. The van der Waals surface area contributed by atoms with Crippen molar-refractivity contribution in [3.8, 4) is 5.69 Å². The molecule has 1 aromatic carbocycles. The Hall–Kier alpha value is -2.63. The lowest BCUT2D eigenvalue weighted by Crippen LogP contribution is -2.43. The summed E-state index contributed by atoms with van der Waals surface area (Å²) < 4.78 is 7.06. The standard InChI is InChI=1S/C22H27N3O3/c1-3-28-22(27)17-8-7-13-24(14-17)21(26)19-15(2)25(18-9-5-4-6-10-18)23-20(19)16-11-12-16/h4-6,9-10,16-17H,3,7-8,11-14H2,1-2H3/t17-/m0/s1. The van der Waals surface area contributed by atoms with Gasteiger partial charge in [0.1, 0.15) is 0 Å². The molecule has 2 aliphatic rings. The molecule has 0 bridgehead atoms. The summed E-state index contributed by atoms with van der Waals surface area (Å²) in [6.07, 6.45) is 3.76. The van der Waals surface area contributed by atoms with Gasteiger partial charge in [-0.1, -0.05) is 18.2 Å². The van der Waals surface area contributed by atoms with Crippen LogP contribution in [0, 0.1) is 12.8 Å². The van der Waals surface area contributed by atoms with Gasteiger partial charge in [0.2, 0.25) is 0 Å². The summed E-state index contributed by atoms with van der Waals surface area (Å²) >= 11 is 0. The van der Waals surface area contributed by atoms with E-state index in [1.807, 2.05) is 53.8 Å². The number of hydrogen-bond donors (Lipinski definition) is 0. The number of likely N-dealkylation sites (tertiary alicyclic amines) is 1. The molecule has 2 fully saturated rings. The van der Waals surface area contributed by atoms with Crippen LogP contribution >= 0.6 is 0 Å². The first kappa shape index (κ1) is 18.7. The van der Waals surface area contributed by atoms with Gasteiger partial charge < -0.3 is 9.64 Å². The van der Waals surface area contributed by atoms with Crippen LogP contribution in [0.1, 0.15) is 60.3 Å². The van der Waals surface area contributed by atoms with Gasteiger partial charge in [-0.25, -0.2) is 4.68 Å². The Morgan fingerprint density at radius 1 is 1.18 bits per heavy atom. The van der Waals surface area contributed by atoms with Crippen LogP contribution in [0.5, 0.6) is 0 Å². The maximum Gasteiger partial charge on any atom is 0.310 e. The predicted molar refractivity (Wildman–Crippen MR) is 106 cm³/mol. The van der Waals surface area contributed by atoms with Crippen molar-refractivity contribution in [2.45, 2.75) is 45.4 Å². The normalized spacial score (nSPS) is 19.5. The van der Waals surface area contributed by atoms with Crippen molar-refractivity contribution < 1.29 is 14.3 Å². The van der Waals surface area contributed by atoms with Crippen LogP contribution in [0.25, 0.3) is 5.69 Å². The number of rotatable bonds is 5. The van der Waals surface area contributed by atoms with E-state index in [1.54, 1.807) is 0 Å². The summed E-state index contributed by atoms with van der Waals surface area (Å²) in [5.74, 6) is -0.0607. The zero-order valence-corrected chi connectivity index (χ0v) is 16.6. The number of nitrogens with zero attached hydrogens (tertiary/aromatic N) is 3. The van der Waals surface area contributed by atoms with Crippen LogP contribution in [0.4, 0.5) is 0 Å². The largest absolute Gasteiger partial charge is 0.466 e. The van der Waals surface area contributed by atoms with Gasteiger partial charge in [-0.2, -0.15) is 5.10 Å². The summed E-state index contributed by atoms with van der Waals surface area (Å²) in [4.78, 5) is 27.4. The number of amides is 1. The molecule has 1 aliphatic carbocycles. The Balaban J connectivity index is 1.64. The highest BCUT2D eigenvalue weighted by atomic mass is 16.5.